The van der Waals surface area contributed by atoms with Crippen LogP contribution in [0.2, 0.25) is 5.21 Å². The van der Waals surface area contributed by atoms with Gasteiger partial charge < -0.3 is 0 Å². The van der Waals surface area contributed by atoms with E-state index in [-0.39, 0.29) is 0 Å². The van der Waals surface area contributed by atoms with Crippen molar-refractivity contribution in [2.75, 3.05) is 0 Å². The Labute approximate surface area is 104 Å². The summed E-state index contributed by atoms with van der Waals surface area (Å²) in [5.41, 5.74) is 1.30. The van der Waals surface area contributed by atoms with Gasteiger partial charge in [0.25, 0.3) is 0 Å². The number of hydrogen-bond donors (Lipinski definition) is 0. The highest BCUT2D eigenvalue weighted by molar-refractivity contribution is 6.40. The topological polar surface area (TPSA) is 0 Å². The lowest BCUT2D eigenvalue weighted by Crippen LogP contribution is -2.38. The van der Waals surface area contributed by atoms with Crippen LogP contribution in [0.4, 0.5) is 0 Å². The highest BCUT2D eigenvalue weighted by Crippen LogP contribution is 2.62. The normalized spacial score (nSPS) is 29.3. The van der Waals surface area contributed by atoms with Crippen LogP contribution in [-0.4, -0.2) is 15.7 Å². The van der Waals surface area contributed by atoms with Crippen LogP contribution in [0.5, 0.6) is 0 Å². The summed E-state index contributed by atoms with van der Waals surface area (Å²) in [6.07, 6.45) is 10.4. The van der Waals surface area contributed by atoms with Crippen molar-refractivity contribution in [2.45, 2.75) is 70.9 Å². The maximum Gasteiger partial charge on any atom is 0.100 e. The van der Waals surface area contributed by atoms with E-state index in [1.807, 2.05) is 0 Å². The summed E-state index contributed by atoms with van der Waals surface area (Å²) in [6.45, 7) is 7.30. The molecule has 2 rings (SSSR count). The van der Waals surface area contributed by atoms with Gasteiger partial charge in [0.15, 0.2) is 0 Å². The van der Waals surface area contributed by atoms with Crippen LogP contribution < -0.4 is 0 Å². The highest BCUT2D eigenvalue weighted by atomic mass is 14.5. The third-order valence-electron chi connectivity index (χ3n) is 6.77. The molecule has 0 bridgehead atoms. The summed E-state index contributed by atoms with van der Waals surface area (Å²) in [5.74, 6) is 0.975. The summed E-state index contributed by atoms with van der Waals surface area (Å²) >= 11 is 0. The molecule has 2 aliphatic carbocycles. The van der Waals surface area contributed by atoms with Gasteiger partial charge in [-0.05, 0) is 42.4 Å². The van der Waals surface area contributed by atoms with Crippen LogP contribution in [0.15, 0.2) is 0 Å². The van der Waals surface area contributed by atoms with Gasteiger partial charge >= 0.3 is 0 Å². The van der Waals surface area contributed by atoms with Crippen LogP contribution in [0.1, 0.15) is 65.7 Å². The first-order chi connectivity index (χ1) is 7.33. The Morgan fingerprint density at radius 1 is 1.19 bits per heavy atom. The predicted molar refractivity (Wildman–Crippen MR) is 77.5 cm³/mol. The van der Waals surface area contributed by atoms with Gasteiger partial charge in [0.2, 0.25) is 0 Å². The Morgan fingerprint density at radius 2 is 1.81 bits per heavy atom. The van der Waals surface area contributed by atoms with E-state index < -0.39 is 0 Å². The van der Waals surface area contributed by atoms with Crippen molar-refractivity contribution < 1.29 is 0 Å². The van der Waals surface area contributed by atoms with Gasteiger partial charge in [-0.2, -0.15) is 0 Å². The Morgan fingerprint density at radius 3 is 2.19 bits per heavy atom. The monoisotopic (exact) mass is 218 g/mol. The predicted octanol–water partition coefficient (Wildman–Crippen LogP) is 2.78. The van der Waals surface area contributed by atoms with Gasteiger partial charge in [-0.15, -0.1) is 0 Å². The maximum absolute atomic E-state index is 2.53. The van der Waals surface area contributed by atoms with Crippen molar-refractivity contribution in [3.8, 4) is 0 Å². The third kappa shape index (κ3) is 1.77. The second-order valence-corrected chi connectivity index (χ2v) is 7.75. The van der Waals surface area contributed by atoms with Gasteiger partial charge in [0.1, 0.15) is 15.7 Å². The molecule has 0 amide bonds. The largest absolute Gasteiger partial charge is 0.100 e. The summed E-state index contributed by atoms with van der Waals surface area (Å²) in [7, 11) is 5.05. The fraction of sp³-hybridized carbons (Fsp3) is 1.00. The van der Waals surface area contributed by atoms with E-state index in [1.165, 1.54) is 44.9 Å². The molecule has 1 atom stereocenters. The summed E-state index contributed by atoms with van der Waals surface area (Å²) < 4.78 is 0. The second-order valence-electron chi connectivity index (χ2n) is 7.75. The molecule has 2 saturated carbocycles. The molecule has 2 heteroatoms. The van der Waals surface area contributed by atoms with Gasteiger partial charge in [-0.1, -0.05) is 45.2 Å². The summed E-state index contributed by atoms with van der Waals surface area (Å²) in [5, 5.41) is 0.515. The molecule has 0 aromatic rings. The fourth-order valence-electron chi connectivity index (χ4n) is 3.96. The Balaban J connectivity index is 2.08. The van der Waals surface area contributed by atoms with Gasteiger partial charge in [0.05, 0.1) is 0 Å². The molecule has 0 nitrogen and oxygen atoms in total. The van der Waals surface area contributed by atoms with Gasteiger partial charge in [0, 0.05) is 0 Å². The molecule has 1 spiro atoms. The zero-order valence-corrected chi connectivity index (χ0v) is 12.0. The Kier molecular flexibility index (Phi) is 3.00. The minimum absolute atomic E-state index is 0.493. The molecule has 2 fully saturated rings. The first-order valence-corrected chi connectivity index (χ1v) is 7.33. The lowest BCUT2D eigenvalue weighted by atomic mass is 9.37. The molecular weight excluding hydrogens is 190 g/mol. The van der Waals surface area contributed by atoms with Crippen molar-refractivity contribution in [1.82, 2.24) is 0 Å². The molecule has 0 radical (unpaired) electrons. The number of hydrogen-bond acceptors (Lipinski definition) is 0. The van der Waals surface area contributed by atoms with Crippen molar-refractivity contribution >= 4 is 15.7 Å². The van der Waals surface area contributed by atoms with Crippen LogP contribution in [0, 0.1) is 16.7 Å². The third-order valence-corrected chi connectivity index (χ3v) is 6.77. The van der Waals surface area contributed by atoms with Crippen LogP contribution in [-0.2, 0) is 0 Å². The van der Waals surface area contributed by atoms with E-state index in [0.717, 1.165) is 11.3 Å². The van der Waals surface area contributed by atoms with Crippen molar-refractivity contribution in [2.24, 2.45) is 16.7 Å². The SMILES string of the molecule is BC(B)(C1CCC2(CCC2)C1)C(C)(C)CC. The second kappa shape index (κ2) is 3.82. The summed E-state index contributed by atoms with van der Waals surface area (Å²) in [6, 6.07) is 0. The lowest BCUT2D eigenvalue weighted by molar-refractivity contribution is 0.125. The molecule has 0 aromatic carbocycles. The van der Waals surface area contributed by atoms with E-state index in [0.29, 0.717) is 10.6 Å². The van der Waals surface area contributed by atoms with E-state index >= 15 is 0 Å². The van der Waals surface area contributed by atoms with Gasteiger partial charge in [-0.3, -0.25) is 0 Å². The smallest absolute Gasteiger partial charge is 0.0769 e. The van der Waals surface area contributed by atoms with E-state index in [1.54, 1.807) is 0 Å². The molecule has 2 aliphatic rings. The molecule has 0 heterocycles. The standard InChI is InChI=1S/C14H28B2/c1-4-12(2,3)14(15,16)11-6-9-13(10-11)7-5-8-13/h11H,4-10,15-16H2,1-3H3. The maximum atomic E-state index is 2.53. The minimum atomic E-state index is 0.493. The summed E-state index contributed by atoms with van der Waals surface area (Å²) in [4.78, 5) is 0. The molecule has 0 aromatic heterocycles. The zero-order valence-electron chi connectivity index (χ0n) is 12.0. The van der Waals surface area contributed by atoms with E-state index in [4.69, 9.17) is 0 Å². The highest BCUT2D eigenvalue weighted by Gasteiger charge is 2.50. The Bertz CT molecular complexity index is 264. The van der Waals surface area contributed by atoms with Crippen molar-refractivity contribution in [1.29, 1.82) is 0 Å². The first-order valence-electron chi connectivity index (χ1n) is 7.33. The molecule has 16 heavy (non-hydrogen) atoms. The Hall–Kier alpha value is 0.130. The van der Waals surface area contributed by atoms with Crippen molar-refractivity contribution in [3.63, 3.8) is 0 Å². The fourth-order valence-corrected chi connectivity index (χ4v) is 3.96. The molecule has 1 unspecified atom stereocenters. The first kappa shape index (κ1) is 12.6. The quantitative estimate of drug-likeness (QED) is 0.639. The molecule has 90 valence electrons. The van der Waals surface area contributed by atoms with E-state index in [2.05, 4.69) is 36.5 Å². The average Bonchev–Trinajstić information content (AvgIpc) is 2.62. The van der Waals surface area contributed by atoms with Crippen LogP contribution in [0.25, 0.3) is 0 Å². The van der Waals surface area contributed by atoms with Gasteiger partial charge in [-0.25, -0.2) is 0 Å². The average molecular weight is 218 g/mol. The molecule has 0 N–H and O–H groups in total. The zero-order chi connectivity index (χ0) is 12.0. The van der Waals surface area contributed by atoms with Crippen molar-refractivity contribution in [3.05, 3.63) is 0 Å². The van der Waals surface area contributed by atoms with E-state index in [9.17, 15) is 0 Å². The molecule has 0 aliphatic heterocycles. The number of rotatable bonds is 3. The minimum Gasteiger partial charge on any atom is -0.0769 e. The van der Waals surface area contributed by atoms with Crippen LogP contribution >= 0.6 is 0 Å². The lowest BCUT2D eigenvalue weighted by Gasteiger charge is -2.48. The molecule has 0 saturated heterocycles. The molecular formula is C14H28B2. The van der Waals surface area contributed by atoms with Crippen LogP contribution in [0.3, 0.4) is 0 Å².